The van der Waals surface area contributed by atoms with Crippen LogP contribution in [0.1, 0.15) is 6.92 Å². The van der Waals surface area contributed by atoms with E-state index in [0.717, 1.165) is 5.69 Å². The number of carbonyl (C=O) groups is 1. The number of halogens is 3. The van der Waals surface area contributed by atoms with Crippen LogP contribution in [0.3, 0.4) is 0 Å². The van der Waals surface area contributed by atoms with Gasteiger partial charge in [-0.2, -0.15) is 0 Å². The Labute approximate surface area is 163 Å². The summed E-state index contributed by atoms with van der Waals surface area (Å²) in [6.45, 7) is 1.44. The molecule has 3 aromatic rings. The fraction of sp³-hybridized carbons (Fsp3) is 0.0588. The molecule has 2 aromatic carbocycles. The van der Waals surface area contributed by atoms with Crippen molar-refractivity contribution in [1.82, 2.24) is 9.78 Å². The Hall–Kier alpha value is -2.41. The molecule has 0 aliphatic carbocycles. The predicted octanol–water partition coefficient (Wildman–Crippen LogP) is 4.83. The van der Waals surface area contributed by atoms with Gasteiger partial charge >= 0.3 is 0 Å². The number of aromatic amines is 1. The Kier molecular flexibility index (Phi) is 5.27. The third kappa shape index (κ3) is 4.04. The quantitative estimate of drug-likeness (QED) is 0.575. The maximum atomic E-state index is 12.3. The summed E-state index contributed by atoms with van der Waals surface area (Å²) in [5, 5.41) is 9.52. The van der Waals surface area contributed by atoms with E-state index < -0.39 is 0 Å². The van der Waals surface area contributed by atoms with Crippen molar-refractivity contribution in [3.8, 4) is 5.69 Å². The summed E-state index contributed by atoms with van der Waals surface area (Å²) < 4.78 is 1.23. The molecule has 0 radical (unpaired) electrons. The summed E-state index contributed by atoms with van der Waals surface area (Å²) in [5.41, 5.74) is 1.37. The van der Waals surface area contributed by atoms with E-state index in [0.29, 0.717) is 22.2 Å². The fourth-order valence-electron chi connectivity index (χ4n) is 2.37. The van der Waals surface area contributed by atoms with Crippen LogP contribution in [0.15, 0.2) is 47.3 Å². The van der Waals surface area contributed by atoms with E-state index in [4.69, 9.17) is 34.8 Å². The first-order valence-corrected chi connectivity index (χ1v) is 8.58. The highest BCUT2D eigenvalue weighted by molar-refractivity contribution is 6.40. The zero-order valence-electron chi connectivity index (χ0n) is 13.4. The molecule has 26 heavy (non-hydrogen) atoms. The third-order valence-electron chi connectivity index (χ3n) is 3.41. The molecular weight excluding hydrogens is 399 g/mol. The van der Waals surface area contributed by atoms with Crippen LogP contribution in [0.2, 0.25) is 15.1 Å². The molecule has 0 saturated heterocycles. The van der Waals surface area contributed by atoms with Crippen molar-refractivity contribution in [2.45, 2.75) is 6.92 Å². The minimum atomic E-state index is -0.339. The van der Waals surface area contributed by atoms with Gasteiger partial charge in [0.1, 0.15) is 11.5 Å². The molecule has 1 heterocycles. The first-order chi connectivity index (χ1) is 12.3. The van der Waals surface area contributed by atoms with Crippen molar-refractivity contribution in [3.05, 3.63) is 67.9 Å². The first kappa shape index (κ1) is 18.4. The molecule has 0 atom stereocenters. The highest BCUT2D eigenvalue weighted by Crippen LogP contribution is 2.31. The van der Waals surface area contributed by atoms with Gasteiger partial charge in [0.05, 0.1) is 10.0 Å². The Bertz CT molecular complexity index is 1000. The van der Waals surface area contributed by atoms with E-state index in [1.807, 2.05) is 0 Å². The molecule has 0 spiro atoms. The molecule has 1 aromatic heterocycles. The summed E-state index contributed by atoms with van der Waals surface area (Å²) in [4.78, 5) is 23.3. The maximum absolute atomic E-state index is 12.3. The lowest BCUT2D eigenvalue weighted by atomic mass is 10.3. The molecule has 0 fully saturated rings. The lowest BCUT2D eigenvalue weighted by Gasteiger charge is -2.09. The number of anilines is 3. The molecule has 3 N–H and O–H groups in total. The van der Waals surface area contributed by atoms with Crippen LogP contribution in [0.25, 0.3) is 5.69 Å². The van der Waals surface area contributed by atoms with Gasteiger partial charge in [0.2, 0.25) is 5.91 Å². The summed E-state index contributed by atoms with van der Waals surface area (Å²) >= 11 is 18.2. The molecule has 134 valence electrons. The number of H-pyrrole nitrogens is 1. The number of nitrogens with one attached hydrogen (secondary N) is 3. The Balaban J connectivity index is 1.87. The van der Waals surface area contributed by atoms with Crippen molar-refractivity contribution in [3.63, 3.8) is 0 Å². The van der Waals surface area contributed by atoms with Crippen LogP contribution in [0.4, 0.5) is 17.2 Å². The topological polar surface area (TPSA) is 78.9 Å². The Morgan fingerprint density at radius 2 is 1.58 bits per heavy atom. The number of amides is 1. The molecule has 3 rings (SSSR count). The number of hydrogen-bond acceptors (Lipinski definition) is 3. The number of rotatable bonds is 4. The van der Waals surface area contributed by atoms with E-state index >= 15 is 0 Å². The molecule has 0 saturated carbocycles. The van der Waals surface area contributed by atoms with Crippen molar-refractivity contribution in [1.29, 1.82) is 0 Å². The SMILES string of the molecule is CC(=O)Nc1ccc(Nc2cc(=O)n(-c3c(Cl)cc(Cl)cc3Cl)[nH]2)cc1. The monoisotopic (exact) mass is 410 g/mol. The van der Waals surface area contributed by atoms with Gasteiger partial charge in [-0.1, -0.05) is 34.8 Å². The third-order valence-corrected chi connectivity index (χ3v) is 4.20. The second-order valence-corrected chi connectivity index (χ2v) is 6.70. The zero-order valence-corrected chi connectivity index (χ0v) is 15.7. The predicted molar refractivity (Wildman–Crippen MR) is 105 cm³/mol. The molecule has 6 nitrogen and oxygen atoms in total. The van der Waals surface area contributed by atoms with E-state index in [1.165, 1.54) is 29.8 Å². The summed E-state index contributed by atoms with van der Waals surface area (Å²) in [6, 6.07) is 11.4. The summed E-state index contributed by atoms with van der Waals surface area (Å²) in [7, 11) is 0. The van der Waals surface area contributed by atoms with Crippen LogP contribution >= 0.6 is 34.8 Å². The van der Waals surface area contributed by atoms with Gasteiger partial charge in [0.15, 0.2) is 0 Å². The molecule has 0 bridgehead atoms. The standard InChI is InChI=1S/C17H13Cl3N4O2/c1-9(25)21-11-2-4-12(5-3-11)22-15-8-16(26)24(23-15)17-13(19)6-10(18)7-14(17)20/h2-8,22-23H,1H3,(H,21,25). The number of hydrogen-bond donors (Lipinski definition) is 3. The van der Waals surface area contributed by atoms with Crippen LogP contribution < -0.4 is 16.2 Å². The second kappa shape index (κ2) is 7.45. The van der Waals surface area contributed by atoms with Gasteiger partial charge < -0.3 is 10.6 Å². The van der Waals surface area contributed by atoms with Gasteiger partial charge in [-0.05, 0) is 36.4 Å². The van der Waals surface area contributed by atoms with Crippen molar-refractivity contribution in [2.24, 2.45) is 0 Å². The smallest absolute Gasteiger partial charge is 0.273 e. The average molecular weight is 412 g/mol. The zero-order chi connectivity index (χ0) is 18.8. The van der Waals surface area contributed by atoms with Gasteiger partial charge in [-0.25, -0.2) is 4.68 Å². The van der Waals surface area contributed by atoms with E-state index in [-0.39, 0.29) is 21.5 Å². The van der Waals surface area contributed by atoms with Crippen LogP contribution in [-0.2, 0) is 4.79 Å². The molecule has 1 amide bonds. The summed E-state index contributed by atoms with van der Waals surface area (Å²) in [5.74, 6) is 0.299. The molecule has 0 unspecified atom stereocenters. The lowest BCUT2D eigenvalue weighted by Crippen LogP contribution is -2.14. The largest absolute Gasteiger partial charge is 0.341 e. The number of benzene rings is 2. The minimum absolute atomic E-state index is 0.149. The normalized spacial score (nSPS) is 10.6. The maximum Gasteiger partial charge on any atom is 0.273 e. The van der Waals surface area contributed by atoms with Crippen molar-refractivity contribution >= 4 is 57.9 Å². The van der Waals surface area contributed by atoms with E-state index in [2.05, 4.69) is 15.7 Å². The first-order valence-electron chi connectivity index (χ1n) is 7.45. The van der Waals surface area contributed by atoms with Gasteiger partial charge in [-0.3, -0.25) is 14.7 Å². The molecule has 9 heteroatoms. The Morgan fingerprint density at radius 1 is 1.00 bits per heavy atom. The van der Waals surface area contributed by atoms with Crippen molar-refractivity contribution < 1.29 is 4.79 Å². The summed E-state index contributed by atoms with van der Waals surface area (Å²) in [6.07, 6.45) is 0. The number of aromatic nitrogens is 2. The van der Waals surface area contributed by atoms with Crippen LogP contribution in [0.5, 0.6) is 0 Å². The van der Waals surface area contributed by atoms with Crippen LogP contribution in [0, 0.1) is 0 Å². The number of nitrogens with zero attached hydrogens (tertiary/aromatic N) is 1. The van der Waals surface area contributed by atoms with Gasteiger partial charge in [0, 0.05) is 29.4 Å². The minimum Gasteiger partial charge on any atom is -0.341 e. The fourth-order valence-corrected chi connectivity index (χ4v) is 3.36. The highest BCUT2D eigenvalue weighted by atomic mass is 35.5. The number of carbonyl (C=O) groups excluding carboxylic acids is 1. The Morgan fingerprint density at radius 3 is 2.15 bits per heavy atom. The highest BCUT2D eigenvalue weighted by Gasteiger charge is 2.14. The molecule has 0 aliphatic rings. The van der Waals surface area contributed by atoms with Crippen LogP contribution in [-0.4, -0.2) is 15.7 Å². The van der Waals surface area contributed by atoms with E-state index in [9.17, 15) is 9.59 Å². The second-order valence-electron chi connectivity index (χ2n) is 5.45. The van der Waals surface area contributed by atoms with Gasteiger partial charge in [-0.15, -0.1) is 0 Å². The van der Waals surface area contributed by atoms with Crippen molar-refractivity contribution in [2.75, 3.05) is 10.6 Å². The van der Waals surface area contributed by atoms with E-state index in [1.54, 1.807) is 24.3 Å². The van der Waals surface area contributed by atoms with Gasteiger partial charge in [0.25, 0.3) is 5.56 Å². The molecular formula is C17H13Cl3N4O2. The molecule has 0 aliphatic heterocycles. The average Bonchev–Trinajstić information content (AvgIpc) is 2.88. The lowest BCUT2D eigenvalue weighted by molar-refractivity contribution is -0.114.